The predicted octanol–water partition coefficient (Wildman–Crippen LogP) is 4.86. The van der Waals surface area contributed by atoms with E-state index in [9.17, 15) is 19.8 Å². The Morgan fingerprint density at radius 3 is 2.11 bits per heavy atom. The number of aromatic hydroxyl groups is 1. The minimum Gasteiger partial charge on any atom is -0.494 e. The van der Waals surface area contributed by atoms with Gasteiger partial charge in [-0.2, -0.15) is 0 Å². The first-order chi connectivity index (χ1) is 16.3. The molecule has 0 aliphatic carbocycles. The molecule has 8 heteroatoms. The average Bonchev–Trinajstić information content (AvgIpc) is 3.12. The van der Waals surface area contributed by atoms with Crippen molar-refractivity contribution >= 4 is 55.3 Å². The second kappa shape index (κ2) is 13.7. The van der Waals surface area contributed by atoms with E-state index in [0.717, 1.165) is 11.3 Å². The number of carbonyl (C=O) groups excluding carboxylic acids is 1. The summed E-state index contributed by atoms with van der Waals surface area (Å²) in [6, 6.07) is 18.6. The minimum atomic E-state index is -1.36. The normalized spacial score (nSPS) is 11.7. The topological polar surface area (TPSA) is 112 Å². The van der Waals surface area contributed by atoms with E-state index >= 15 is 0 Å². The number of aliphatic hydroxyl groups excluding tert-OH is 1. The Balaban J connectivity index is 0.00000432. The Morgan fingerprint density at radius 1 is 0.943 bits per heavy atom. The number of carboxylic acids is 1. The van der Waals surface area contributed by atoms with Crippen LogP contribution in [0.4, 0.5) is 5.69 Å². The number of hydrogen-bond acceptors (Lipinski definition) is 4. The zero-order valence-electron chi connectivity index (χ0n) is 20.3. The standard InChI is InChI=1S/C27H32N2O5.Ca/c1-18(2)24-23(25(31)28-20-14-8-4-9-15-20)22(19-12-6-3-7-13-19)26(32)29(24)17-11-5-10-16-21(30)27(33)34;/h3-4,6-9,12-15,18,21,30,32H,5,10-11,16-17H2,1-2H3,(H,28,31)(H,33,34);. The molecule has 7 nitrogen and oxygen atoms in total. The van der Waals surface area contributed by atoms with Crippen LogP contribution < -0.4 is 5.32 Å². The van der Waals surface area contributed by atoms with Crippen molar-refractivity contribution in [2.75, 3.05) is 5.32 Å². The van der Waals surface area contributed by atoms with E-state index in [4.69, 9.17) is 5.11 Å². The van der Waals surface area contributed by atoms with Crippen molar-refractivity contribution in [3.8, 4) is 17.0 Å². The van der Waals surface area contributed by atoms with Crippen LogP contribution in [0, 0.1) is 0 Å². The third kappa shape index (κ3) is 7.34. The molecule has 35 heavy (non-hydrogen) atoms. The fourth-order valence-corrected chi connectivity index (χ4v) is 4.18. The summed E-state index contributed by atoms with van der Waals surface area (Å²) in [6.45, 7) is 4.45. The Morgan fingerprint density at radius 2 is 1.54 bits per heavy atom. The van der Waals surface area contributed by atoms with Crippen LogP contribution in [0.3, 0.4) is 0 Å². The third-order valence-electron chi connectivity index (χ3n) is 5.79. The molecule has 3 aromatic rings. The SMILES string of the molecule is CC(C)c1c(C(=O)Nc2ccccc2)c(-c2ccccc2)c(O)n1CCCCCC(O)C(=O)O.[Ca]. The summed E-state index contributed by atoms with van der Waals surface area (Å²) in [6.07, 6.45) is 0.737. The monoisotopic (exact) mass is 504 g/mol. The van der Waals surface area contributed by atoms with Gasteiger partial charge in [0.05, 0.1) is 11.1 Å². The molecule has 2 aromatic carbocycles. The van der Waals surface area contributed by atoms with Gasteiger partial charge >= 0.3 is 5.97 Å². The smallest absolute Gasteiger partial charge is 0.332 e. The summed E-state index contributed by atoms with van der Waals surface area (Å²) < 4.78 is 1.79. The van der Waals surface area contributed by atoms with Gasteiger partial charge in [-0.05, 0) is 36.5 Å². The Kier molecular flexibility index (Phi) is 11.3. The minimum absolute atomic E-state index is 0. The summed E-state index contributed by atoms with van der Waals surface area (Å²) in [4.78, 5) is 24.3. The number of carbonyl (C=O) groups is 2. The number of anilines is 1. The molecular weight excluding hydrogens is 472 g/mol. The fourth-order valence-electron chi connectivity index (χ4n) is 4.18. The van der Waals surface area contributed by atoms with Crippen LogP contribution in [-0.4, -0.2) is 75.6 Å². The zero-order valence-corrected chi connectivity index (χ0v) is 22.5. The van der Waals surface area contributed by atoms with Crippen LogP contribution >= 0.6 is 0 Å². The van der Waals surface area contributed by atoms with Crippen LogP contribution in [-0.2, 0) is 11.3 Å². The molecule has 0 saturated carbocycles. The third-order valence-corrected chi connectivity index (χ3v) is 5.79. The molecule has 1 atom stereocenters. The average molecular weight is 505 g/mol. The van der Waals surface area contributed by atoms with E-state index in [0.29, 0.717) is 42.6 Å². The van der Waals surface area contributed by atoms with Gasteiger partial charge in [0.1, 0.15) is 0 Å². The number of benzene rings is 2. The molecule has 0 saturated heterocycles. The number of aromatic nitrogens is 1. The number of amides is 1. The first-order valence-electron chi connectivity index (χ1n) is 11.6. The van der Waals surface area contributed by atoms with Gasteiger partial charge in [-0.3, -0.25) is 4.79 Å². The number of aliphatic hydroxyl groups is 1. The van der Waals surface area contributed by atoms with Gasteiger partial charge in [0.2, 0.25) is 0 Å². The van der Waals surface area contributed by atoms with Crippen LogP contribution in [0.15, 0.2) is 60.7 Å². The summed E-state index contributed by atoms with van der Waals surface area (Å²) >= 11 is 0. The maximum absolute atomic E-state index is 13.5. The molecule has 0 aliphatic rings. The number of para-hydroxylation sites is 1. The molecular formula is C27H32CaN2O5. The molecule has 1 aromatic heterocycles. The second-order valence-corrected chi connectivity index (χ2v) is 8.65. The van der Waals surface area contributed by atoms with Crippen molar-refractivity contribution in [3.05, 3.63) is 71.9 Å². The molecule has 1 unspecified atom stereocenters. The van der Waals surface area contributed by atoms with Gasteiger partial charge in [-0.15, -0.1) is 0 Å². The maximum Gasteiger partial charge on any atom is 0.332 e. The molecule has 0 spiro atoms. The van der Waals surface area contributed by atoms with Crippen molar-refractivity contribution in [2.45, 2.75) is 58.1 Å². The van der Waals surface area contributed by atoms with E-state index in [-0.39, 0.29) is 61.9 Å². The molecule has 3 rings (SSSR count). The van der Waals surface area contributed by atoms with Gasteiger partial charge in [0.25, 0.3) is 5.91 Å². The van der Waals surface area contributed by atoms with E-state index in [1.165, 1.54) is 0 Å². The first kappa shape index (κ1) is 28.9. The maximum atomic E-state index is 13.5. The molecule has 0 bridgehead atoms. The van der Waals surface area contributed by atoms with Crippen molar-refractivity contribution in [3.63, 3.8) is 0 Å². The van der Waals surface area contributed by atoms with E-state index in [2.05, 4.69) is 5.32 Å². The number of carboxylic acid groups (broad SMARTS) is 1. The van der Waals surface area contributed by atoms with Gasteiger partial charge in [0.15, 0.2) is 12.0 Å². The number of nitrogens with one attached hydrogen (secondary N) is 1. The van der Waals surface area contributed by atoms with Crippen molar-refractivity contribution in [2.24, 2.45) is 0 Å². The first-order valence-corrected chi connectivity index (χ1v) is 11.6. The Bertz CT molecular complexity index is 1110. The van der Waals surface area contributed by atoms with Crippen molar-refractivity contribution in [1.82, 2.24) is 4.57 Å². The fraction of sp³-hybridized carbons (Fsp3) is 0.333. The van der Waals surface area contributed by atoms with Crippen molar-refractivity contribution in [1.29, 1.82) is 0 Å². The largest absolute Gasteiger partial charge is 0.494 e. The molecule has 0 aliphatic heterocycles. The van der Waals surface area contributed by atoms with Gasteiger partial charge in [-0.25, -0.2) is 4.79 Å². The van der Waals surface area contributed by atoms with Gasteiger partial charge in [0, 0.05) is 55.7 Å². The number of unbranched alkanes of at least 4 members (excludes halogenated alkanes) is 2. The summed E-state index contributed by atoms with van der Waals surface area (Å²) in [7, 11) is 0. The Labute approximate surface area is 235 Å². The quantitative estimate of drug-likeness (QED) is 0.220. The Hall–Kier alpha value is -2.32. The predicted molar refractivity (Wildman–Crippen MR) is 138 cm³/mol. The summed E-state index contributed by atoms with van der Waals surface area (Å²) in [5, 5.41) is 32.5. The summed E-state index contributed by atoms with van der Waals surface area (Å²) in [5.41, 5.74) is 3.12. The number of aliphatic carboxylic acids is 1. The molecule has 182 valence electrons. The van der Waals surface area contributed by atoms with Crippen LogP contribution in [0.1, 0.15) is 61.5 Å². The number of rotatable bonds is 11. The second-order valence-electron chi connectivity index (χ2n) is 8.65. The van der Waals surface area contributed by atoms with Crippen LogP contribution in [0.2, 0.25) is 0 Å². The van der Waals surface area contributed by atoms with Gasteiger partial charge < -0.3 is 25.2 Å². The van der Waals surface area contributed by atoms with Crippen molar-refractivity contribution < 1.29 is 24.9 Å². The molecule has 1 heterocycles. The molecule has 4 N–H and O–H groups in total. The van der Waals surface area contributed by atoms with E-state index < -0.39 is 12.1 Å². The van der Waals surface area contributed by atoms with E-state index in [1.54, 1.807) is 4.57 Å². The number of nitrogens with zero attached hydrogens (tertiary/aromatic N) is 1. The van der Waals surface area contributed by atoms with Crippen LogP contribution in [0.25, 0.3) is 11.1 Å². The number of hydrogen-bond donors (Lipinski definition) is 4. The van der Waals surface area contributed by atoms with E-state index in [1.807, 2.05) is 74.5 Å². The molecule has 1 amide bonds. The molecule has 0 fully saturated rings. The van der Waals surface area contributed by atoms with Gasteiger partial charge in [-0.1, -0.05) is 75.2 Å². The summed E-state index contributed by atoms with van der Waals surface area (Å²) in [5.74, 6) is -1.49. The zero-order chi connectivity index (χ0) is 24.7. The molecule has 2 radical (unpaired) electrons. The van der Waals surface area contributed by atoms with Crippen LogP contribution in [0.5, 0.6) is 5.88 Å².